The Labute approximate surface area is 180 Å². The fourth-order valence-electron chi connectivity index (χ4n) is 2.58. The maximum absolute atomic E-state index is 12.3. The van der Waals surface area contributed by atoms with Gasteiger partial charge in [0.15, 0.2) is 6.79 Å². The van der Waals surface area contributed by atoms with E-state index >= 15 is 0 Å². The summed E-state index contributed by atoms with van der Waals surface area (Å²) in [6.45, 7) is -0.947. The third kappa shape index (κ3) is 5.18. The zero-order valence-electron chi connectivity index (χ0n) is 15.1. The number of ether oxygens (including phenoxy) is 3. The van der Waals surface area contributed by atoms with Crippen molar-refractivity contribution < 1.29 is 32.3 Å². The van der Waals surface area contributed by atoms with Crippen LogP contribution in [0.3, 0.4) is 0 Å². The van der Waals surface area contributed by atoms with Gasteiger partial charge in [0.2, 0.25) is 10.0 Å². The number of carbonyl (C=O) groups is 1. The number of hydrogen-bond acceptors (Lipinski definition) is 8. The third-order valence-corrected chi connectivity index (χ3v) is 6.12. The maximum atomic E-state index is 12.3. The van der Waals surface area contributed by atoms with Crippen LogP contribution in [0.4, 0.5) is 5.69 Å². The Morgan fingerprint density at radius 3 is 2.70 bits per heavy atom. The molecule has 2 aromatic carbocycles. The second-order valence-corrected chi connectivity index (χ2v) is 8.60. The van der Waals surface area contributed by atoms with E-state index in [9.17, 15) is 23.3 Å². The quantitative estimate of drug-likeness (QED) is 0.366. The van der Waals surface area contributed by atoms with Crippen LogP contribution in [0.2, 0.25) is 10.0 Å². The van der Waals surface area contributed by atoms with E-state index in [1.54, 1.807) is 0 Å². The molecule has 30 heavy (non-hydrogen) atoms. The molecule has 1 aliphatic rings. The Balaban J connectivity index is 1.65. The van der Waals surface area contributed by atoms with Gasteiger partial charge >= 0.3 is 5.97 Å². The highest BCUT2D eigenvalue weighted by atomic mass is 35.5. The summed E-state index contributed by atoms with van der Waals surface area (Å²) in [5.41, 5.74) is 0.499. The summed E-state index contributed by atoms with van der Waals surface area (Å²) in [6, 6.07) is 6.22. The number of carbonyl (C=O) groups excluding carboxylic acids is 1. The van der Waals surface area contributed by atoms with Gasteiger partial charge in [0, 0.05) is 23.3 Å². The third-order valence-electron chi connectivity index (χ3n) is 3.98. The first kappa shape index (κ1) is 22.2. The molecule has 3 rings (SSSR count). The molecule has 0 saturated heterocycles. The molecule has 1 aliphatic heterocycles. The molecule has 0 aromatic heterocycles. The number of esters is 1. The smallest absolute Gasteiger partial charge is 0.321 e. The molecule has 0 amide bonds. The van der Waals surface area contributed by atoms with Gasteiger partial charge < -0.3 is 14.2 Å². The summed E-state index contributed by atoms with van der Waals surface area (Å²) in [6.07, 6.45) is 0. The van der Waals surface area contributed by atoms with Gasteiger partial charge in [0.05, 0.1) is 26.5 Å². The highest BCUT2D eigenvalue weighted by Crippen LogP contribution is 2.33. The van der Waals surface area contributed by atoms with Crippen LogP contribution in [0, 0.1) is 10.1 Å². The van der Waals surface area contributed by atoms with E-state index in [2.05, 4.69) is 4.72 Å². The van der Waals surface area contributed by atoms with Crippen LogP contribution >= 0.6 is 23.2 Å². The predicted octanol–water partition coefficient (Wildman–Crippen LogP) is 2.79. The van der Waals surface area contributed by atoms with Crippen molar-refractivity contribution in [3.63, 3.8) is 0 Å². The molecular formula is C17H14Cl2N2O8S. The first-order valence-corrected chi connectivity index (χ1v) is 10.5. The van der Waals surface area contributed by atoms with Gasteiger partial charge in [-0.15, -0.1) is 0 Å². The summed E-state index contributed by atoms with van der Waals surface area (Å²) in [4.78, 5) is 22.3. The second-order valence-electron chi connectivity index (χ2n) is 6.02. The molecule has 0 bridgehead atoms. The lowest BCUT2D eigenvalue weighted by atomic mass is 10.1. The molecular weight excluding hydrogens is 463 g/mol. The number of nitrogens with zero attached hydrogens (tertiary/aromatic N) is 1. The van der Waals surface area contributed by atoms with Gasteiger partial charge in [-0.3, -0.25) is 14.9 Å². The van der Waals surface area contributed by atoms with Crippen LogP contribution in [0.1, 0.15) is 11.1 Å². The van der Waals surface area contributed by atoms with Crippen molar-refractivity contribution in [2.24, 2.45) is 0 Å². The number of fused-ring (bicyclic) bond motifs is 1. The van der Waals surface area contributed by atoms with Crippen molar-refractivity contribution in [1.82, 2.24) is 4.72 Å². The Hall–Kier alpha value is -2.44. The number of nitro groups is 1. The largest absolute Gasteiger partial charge is 0.467 e. The summed E-state index contributed by atoms with van der Waals surface area (Å²) in [7, 11) is -4.03. The van der Waals surface area contributed by atoms with Crippen LogP contribution in [-0.4, -0.2) is 32.6 Å². The minimum Gasteiger partial charge on any atom is -0.467 e. The lowest BCUT2D eigenvalue weighted by Crippen LogP contribution is -2.30. The summed E-state index contributed by atoms with van der Waals surface area (Å²) < 4.78 is 42.1. The van der Waals surface area contributed by atoms with Crippen LogP contribution in [0.15, 0.2) is 35.2 Å². The average molecular weight is 477 g/mol. The molecule has 0 unspecified atom stereocenters. The average Bonchev–Trinajstić information content (AvgIpc) is 2.72. The van der Waals surface area contributed by atoms with Crippen molar-refractivity contribution >= 4 is 44.9 Å². The van der Waals surface area contributed by atoms with E-state index < -0.39 is 27.5 Å². The predicted molar refractivity (Wildman–Crippen MR) is 105 cm³/mol. The van der Waals surface area contributed by atoms with Crippen molar-refractivity contribution in [1.29, 1.82) is 0 Å². The van der Waals surface area contributed by atoms with Gasteiger partial charge in [-0.05, 0) is 18.2 Å². The fourth-order valence-corrected chi connectivity index (χ4v) is 3.94. The SMILES string of the molecule is O=C(CNS(=O)(=O)c1ccc(Cl)c(Cl)c1)OCc1cc([N+](=O)[O-])cc2c1OCOC2. The lowest BCUT2D eigenvalue weighted by Gasteiger charge is -2.20. The highest BCUT2D eigenvalue weighted by Gasteiger charge is 2.22. The van der Waals surface area contributed by atoms with Crippen molar-refractivity contribution in [3.8, 4) is 5.75 Å². The van der Waals surface area contributed by atoms with Gasteiger partial charge in [-0.2, -0.15) is 4.72 Å². The molecule has 0 atom stereocenters. The van der Waals surface area contributed by atoms with Crippen LogP contribution < -0.4 is 9.46 Å². The zero-order valence-corrected chi connectivity index (χ0v) is 17.4. The first-order valence-electron chi connectivity index (χ1n) is 8.28. The van der Waals surface area contributed by atoms with Gasteiger partial charge in [-0.25, -0.2) is 8.42 Å². The van der Waals surface area contributed by atoms with Gasteiger partial charge in [0.1, 0.15) is 18.9 Å². The lowest BCUT2D eigenvalue weighted by molar-refractivity contribution is -0.385. The normalized spacial score (nSPS) is 13.3. The molecule has 0 saturated carbocycles. The topological polar surface area (TPSA) is 134 Å². The number of benzene rings is 2. The summed E-state index contributed by atoms with van der Waals surface area (Å²) in [5.74, 6) is -0.568. The minimum absolute atomic E-state index is 0.0431. The van der Waals surface area contributed by atoms with Crippen molar-refractivity contribution in [2.45, 2.75) is 18.1 Å². The summed E-state index contributed by atoms with van der Waals surface area (Å²) in [5, 5.41) is 11.3. The molecule has 2 aromatic rings. The number of nitro benzene ring substituents is 1. The van der Waals surface area contributed by atoms with E-state index in [1.807, 2.05) is 0 Å². The molecule has 1 N–H and O–H groups in total. The molecule has 1 heterocycles. The van der Waals surface area contributed by atoms with Crippen LogP contribution in [0.25, 0.3) is 0 Å². The van der Waals surface area contributed by atoms with E-state index in [0.717, 1.165) is 6.07 Å². The minimum atomic E-state index is -4.03. The molecule has 0 aliphatic carbocycles. The Bertz CT molecular complexity index is 1110. The van der Waals surface area contributed by atoms with E-state index in [4.69, 9.17) is 37.4 Å². The van der Waals surface area contributed by atoms with E-state index in [1.165, 1.54) is 24.3 Å². The second kappa shape index (κ2) is 9.14. The number of halogens is 2. The molecule has 0 spiro atoms. The van der Waals surface area contributed by atoms with Crippen LogP contribution in [-0.2, 0) is 37.5 Å². The molecule has 0 fully saturated rings. The van der Waals surface area contributed by atoms with Gasteiger partial charge in [0.25, 0.3) is 5.69 Å². The fraction of sp³-hybridized carbons (Fsp3) is 0.235. The Morgan fingerprint density at radius 2 is 2.00 bits per heavy atom. The number of hydrogen-bond donors (Lipinski definition) is 1. The molecule has 13 heteroatoms. The van der Waals surface area contributed by atoms with Crippen molar-refractivity contribution in [2.75, 3.05) is 13.3 Å². The van der Waals surface area contributed by atoms with E-state index in [0.29, 0.717) is 11.3 Å². The maximum Gasteiger partial charge on any atom is 0.321 e. The zero-order chi connectivity index (χ0) is 21.9. The molecule has 10 nitrogen and oxygen atoms in total. The molecule has 160 valence electrons. The van der Waals surface area contributed by atoms with Gasteiger partial charge in [-0.1, -0.05) is 23.2 Å². The highest BCUT2D eigenvalue weighted by molar-refractivity contribution is 7.89. The summed E-state index contributed by atoms with van der Waals surface area (Å²) >= 11 is 11.6. The Morgan fingerprint density at radius 1 is 1.23 bits per heavy atom. The first-order chi connectivity index (χ1) is 14.2. The number of non-ortho nitro benzene ring substituents is 1. The monoisotopic (exact) mass is 476 g/mol. The number of rotatable bonds is 7. The number of sulfonamides is 1. The number of nitrogens with one attached hydrogen (secondary N) is 1. The van der Waals surface area contributed by atoms with E-state index in [-0.39, 0.29) is 46.2 Å². The molecule has 0 radical (unpaired) electrons. The standard InChI is InChI=1S/C17H14Cl2N2O8S/c18-14-2-1-13(5-15(14)19)30(25,26)20-6-16(22)28-8-11-4-12(21(23)24)3-10-7-27-9-29-17(10)11/h1-5,20H,6-9H2. The van der Waals surface area contributed by atoms with Crippen LogP contribution in [0.5, 0.6) is 5.75 Å². The Kier molecular flexibility index (Phi) is 6.78. The van der Waals surface area contributed by atoms with Crippen molar-refractivity contribution in [3.05, 3.63) is 61.6 Å².